The molecule has 4 nitrogen and oxygen atoms in total. The zero-order valence-corrected chi connectivity index (χ0v) is 9.81. The first-order valence-electron chi connectivity index (χ1n) is 5.51. The molecule has 0 unspecified atom stereocenters. The Kier molecular flexibility index (Phi) is 4.37. The van der Waals surface area contributed by atoms with Gasteiger partial charge in [0.05, 0.1) is 0 Å². The maximum absolute atomic E-state index is 11.6. The van der Waals surface area contributed by atoms with Gasteiger partial charge in [-0.1, -0.05) is 0 Å². The predicted molar refractivity (Wildman–Crippen MR) is 62.1 cm³/mol. The number of hydrogen-bond acceptors (Lipinski definition) is 3. The molecule has 1 amide bonds. The second kappa shape index (κ2) is 5.14. The van der Waals surface area contributed by atoms with Crippen molar-refractivity contribution in [3.8, 4) is 0 Å². The molecule has 2 rings (SSSR count). The molecule has 0 saturated carbocycles. The van der Waals surface area contributed by atoms with E-state index in [0.717, 1.165) is 39.0 Å². The fourth-order valence-corrected chi connectivity index (χ4v) is 2.70. The van der Waals surface area contributed by atoms with E-state index in [2.05, 4.69) is 10.2 Å². The monoisotopic (exact) mass is 233 g/mol. The first-order chi connectivity index (χ1) is 6.76. The van der Waals surface area contributed by atoms with E-state index in [9.17, 15) is 4.79 Å². The molecule has 15 heavy (non-hydrogen) atoms. The SMILES string of the molecule is Cl.NC(=O)C1(N2CCCC2)CCNCC1. The van der Waals surface area contributed by atoms with E-state index in [1.54, 1.807) is 0 Å². The number of primary amides is 1. The van der Waals surface area contributed by atoms with Gasteiger partial charge in [-0.05, 0) is 51.9 Å². The van der Waals surface area contributed by atoms with Crippen LogP contribution in [0.4, 0.5) is 0 Å². The molecule has 2 fully saturated rings. The average Bonchev–Trinajstić information content (AvgIpc) is 2.72. The molecule has 3 N–H and O–H groups in total. The number of nitrogens with two attached hydrogens (primary N) is 1. The van der Waals surface area contributed by atoms with Gasteiger partial charge < -0.3 is 11.1 Å². The molecule has 0 aromatic rings. The highest BCUT2D eigenvalue weighted by molar-refractivity contribution is 5.85. The third kappa shape index (κ3) is 2.27. The highest BCUT2D eigenvalue weighted by Crippen LogP contribution is 2.29. The molecular weight excluding hydrogens is 214 g/mol. The number of hydrogen-bond donors (Lipinski definition) is 2. The zero-order chi connectivity index (χ0) is 10.0. The lowest BCUT2D eigenvalue weighted by atomic mass is 9.86. The molecule has 0 aliphatic carbocycles. The Balaban J connectivity index is 0.00000112. The smallest absolute Gasteiger partial charge is 0.238 e. The summed E-state index contributed by atoms with van der Waals surface area (Å²) in [5.74, 6) is -0.124. The number of likely N-dealkylation sites (tertiary alicyclic amines) is 1. The first-order valence-corrected chi connectivity index (χ1v) is 5.51. The lowest BCUT2D eigenvalue weighted by Crippen LogP contribution is -2.61. The van der Waals surface area contributed by atoms with E-state index in [4.69, 9.17) is 5.73 Å². The molecule has 0 aromatic carbocycles. The van der Waals surface area contributed by atoms with E-state index < -0.39 is 0 Å². The largest absolute Gasteiger partial charge is 0.368 e. The second-order valence-corrected chi connectivity index (χ2v) is 4.34. The number of amides is 1. The molecule has 2 saturated heterocycles. The summed E-state index contributed by atoms with van der Waals surface area (Å²) in [5.41, 5.74) is 5.24. The molecule has 0 spiro atoms. The van der Waals surface area contributed by atoms with E-state index in [0.29, 0.717) is 0 Å². The molecule has 0 atom stereocenters. The molecule has 2 aliphatic rings. The summed E-state index contributed by atoms with van der Waals surface area (Å²) >= 11 is 0. The molecule has 88 valence electrons. The van der Waals surface area contributed by atoms with Crippen LogP contribution in [0.5, 0.6) is 0 Å². The third-order valence-corrected chi connectivity index (χ3v) is 3.60. The lowest BCUT2D eigenvalue weighted by molar-refractivity contribution is -0.131. The fraction of sp³-hybridized carbons (Fsp3) is 0.900. The van der Waals surface area contributed by atoms with Crippen molar-refractivity contribution in [1.82, 2.24) is 10.2 Å². The normalized spacial score (nSPS) is 25.9. The second-order valence-electron chi connectivity index (χ2n) is 4.34. The Morgan fingerprint density at radius 1 is 1.20 bits per heavy atom. The number of halogens is 1. The Morgan fingerprint density at radius 2 is 1.73 bits per heavy atom. The number of piperidine rings is 1. The Hall–Kier alpha value is -0.320. The van der Waals surface area contributed by atoms with Crippen molar-refractivity contribution in [1.29, 1.82) is 0 Å². The standard InChI is InChI=1S/C10H19N3O.ClH/c11-9(14)10(3-5-12-6-4-10)13-7-1-2-8-13;/h12H,1-8H2,(H2,11,14);1H. The van der Waals surface area contributed by atoms with E-state index in [-0.39, 0.29) is 23.9 Å². The summed E-state index contributed by atoms with van der Waals surface area (Å²) in [6.07, 6.45) is 4.18. The van der Waals surface area contributed by atoms with Crippen LogP contribution in [0, 0.1) is 0 Å². The van der Waals surface area contributed by atoms with Gasteiger partial charge in [-0.15, -0.1) is 12.4 Å². The van der Waals surface area contributed by atoms with Crippen LogP contribution in [0.25, 0.3) is 0 Å². The summed E-state index contributed by atoms with van der Waals surface area (Å²) in [4.78, 5) is 13.9. The number of carbonyl (C=O) groups excluding carboxylic acids is 1. The van der Waals surface area contributed by atoms with Gasteiger partial charge >= 0.3 is 0 Å². The highest BCUT2D eigenvalue weighted by Gasteiger charge is 2.43. The minimum absolute atomic E-state index is 0. The molecule has 2 aliphatic heterocycles. The summed E-state index contributed by atoms with van der Waals surface area (Å²) in [7, 11) is 0. The minimum atomic E-state index is -0.332. The van der Waals surface area contributed by atoms with Gasteiger partial charge in [0.1, 0.15) is 5.54 Å². The summed E-state index contributed by atoms with van der Waals surface area (Å²) < 4.78 is 0. The van der Waals surface area contributed by atoms with Crippen molar-refractivity contribution >= 4 is 18.3 Å². The third-order valence-electron chi connectivity index (χ3n) is 3.60. The summed E-state index contributed by atoms with van der Waals surface area (Å²) in [6, 6.07) is 0. The molecule has 0 bridgehead atoms. The zero-order valence-electron chi connectivity index (χ0n) is 9.00. The lowest BCUT2D eigenvalue weighted by Gasteiger charge is -2.42. The van der Waals surface area contributed by atoms with E-state index in [1.807, 2.05) is 0 Å². The minimum Gasteiger partial charge on any atom is -0.368 e. The fourth-order valence-electron chi connectivity index (χ4n) is 2.70. The molecule has 2 heterocycles. The number of carbonyl (C=O) groups is 1. The van der Waals surface area contributed by atoms with E-state index in [1.165, 1.54) is 12.8 Å². The Labute approximate surface area is 97.0 Å². The average molecular weight is 234 g/mol. The summed E-state index contributed by atoms with van der Waals surface area (Å²) in [5, 5.41) is 3.28. The van der Waals surface area contributed by atoms with E-state index >= 15 is 0 Å². The van der Waals surface area contributed by atoms with Crippen LogP contribution in [0.3, 0.4) is 0 Å². The van der Waals surface area contributed by atoms with Crippen LogP contribution in [0.2, 0.25) is 0 Å². The van der Waals surface area contributed by atoms with Gasteiger partial charge in [-0.25, -0.2) is 0 Å². The molecule has 0 aromatic heterocycles. The van der Waals surface area contributed by atoms with Crippen LogP contribution in [-0.4, -0.2) is 42.5 Å². The van der Waals surface area contributed by atoms with Crippen LogP contribution in [0.1, 0.15) is 25.7 Å². The van der Waals surface area contributed by atoms with Crippen LogP contribution < -0.4 is 11.1 Å². The molecule has 5 heteroatoms. The maximum atomic E-state index is 11.6. The van der Waals surface area contributed by atoms with Gasteiger partial charge in [0.15, 0.2) is 0 Å². The quantitative estimate of drug-likeness (QED) is 0.712. The van der Waals surface area contributed by atoms with Gasteiger partial charge in [0, 0.05) is 0 Å². The molecule has 0 radical (unpaired) electrons. The maximum Gasteiger partial charge on any atom is 0.238 e. The number of nitrogens with zero attached hydrogens (tertiary/aromatic N) is 1. The van der Waals surface area contributed by atoms with Gasteiger partial charge in [0.2, 0.25) is 5.91 Å². The van der Waals surface area contributed by atoms with Crippen molar-refractivity contribution < 1.29 is 4.79 Å². The van der Waals surface area contributed by atoms with Crippen molar-refractivity contribution in [2.45, 2.75) is 31.2 Å². The van der Waals surface area contributed by atoms with Crippen molar-refractivity contribution in [3.05, 3.63) is 0 Å². The van der Waals surface area contributed by atoms with Crippen molar-refractivity contribution in [3.63, 3.8) is 0 Å². The van der Waals surface area contributed by atoms with Crippen LogP contribution in [0.15, 0.2) is 0 Å². The Morgan fingerprint density at radius 3 is 2.20 bits per heavy atom. The van der Waals surface area contributed by atoms with Crippen LogP contribution >= 0.6 is 12.4 Å². The van der Waals surface area contributed by atoms with Gasteiger partial charge in [0.25, 0.3) is 0 Å². The molecular formula is C10H20ClN3O. The number of nitrogens with one attached hydrogen (secondary N) is 1. The van der Waals surface area contributed by atoms with Crippen molar-refractivity contribution in [2.75, 3.05) is 26.2 Å². The van der Waals surface area contributed by atoms with Gasteiger partial charge in [-0.2, -0.15) is 0 Å². The van der Waals surface area contributed by atoms with Crippen molar-refractivity contribution in [2.24, 2.45) is 5.73 Å². The van der Waals surface area contributed by atoms with Crippen LogP contribution in [-0.2, 0) is 4.79 Å². The summed E-state index contributed by atoms with van der Waals surface area (Å²) in [6.45, 7) is 3.92. The highest BCUT2D eigenvalue weighted by atomic mass is 35.5. The Bertz CT molecular complexity index is 223. The van der Waals surface area contributed by atoms with Gasteiger partial charge in [-0.3, -0.25) is 9.69 Å². The topological polar surface area (TPSA) is 58.4 Å². The first kappa shape index (κ1) is 12.7. The predicted octanol–water partition coefficient (Wildman–Crippen LogP) is 0.111. The number of rotatable bonds is 2.